The van der Waals surface area contributed by atoms with Crippen molar-refractivity contribution in [1.29, 1.82) is 5.26 Å². The summed E-state index contributed by atoms with van der Waals surface area (Å²) in [5, 5.41) is 12.5. The van der Waals surface area contributed by atoms with Gasteiger partial charge < -0.3 is 15.1 Å². The Kier molecular flexibility index (Phi) is 5.08. The van der Waals surface area contributed by atoms with Gasteiger partial charge in [0.25, 0.3) is 0 Å². The third-order valence-electron chi connectivity index (χ3n) is 4.82. The number of rotatable bonds is 4. The van der Waals surface area contributed by atoms with Crippen molar-refractivity contribution < 1.29 is 0 Å². The molecule has 4 rings (SSSR count). The molecule has 144 valence electrons. The largest absolute Gasteiger partial charge is 0.372 e. The number of anilines is 3. The summed E-state index contributed by atoms with van der Waals surface area (Å²) in [6.07, 6.45) is 5.98. The van der Waals surface area contributed by atoms with E-state index in [-0.39, 0.29) is 0 Å². The third-order valence-corrected chi connectivity index (χ3v) is 4.82. The molecule has 7 nitrogen and oxygen atoms in total. The summed E-state index contributed by atoms with van der Waals surface area (Å²) in [5.41, 5.74) is 3.11. The van der Waals surface area contributed by atoms with E-state index in [4.69, 9.17) is 4.98 Å². The second-order valence-electron chi connectivity index (χ2n) is 6.83. The topological polar surface area (TPSA) is 81.0 Å². The zero-order chi connectivity index (χ0) is 20.2. The molecular weight excluding hydrogens is 362 g/mol. The first-order valence-electron chi connectivity index (χ1n) is 9.38. The second kappa shape index (κ2) is 7.98. The Morgan fingerprint density at radius 3 is 2.90 bits per heavy atom. The Morgan fingerprint density at radius 2 is 2.10 bits per heavy atom. The maximum atomic E-state index is 9.18. The minimum Gasteiger partial charge on any atom is -0.372 e. The zero-order valence-corrected chi connectivity index (χ0v) is 16.2. The second-order valence-corrected chi connectivity index (χ2v) is 6.83. The molecule has 0 aromatic carbocycles. The van der Waals surface area contributed by atoms with Crippen LogP contribution in [-0.4, -0.2) is 35.1 Å². The molecule has 1 N–H and O–H groups in total. The third kappa shape index (κ3) is 3.87. The number of nitrogens with one attached hydrogen (secondary N) is 1. The Morgan fingerprint density at radius 1 is 1.21 bits per heavy atom. The first-order chi connectivity index (χ1) is 14.2. The van der Waals surface area contributed by atoms with Crippen LogP contribution in [0, 0.1) is 11.3 Å². The van der Waals surface area contributed by atoms with Crippen LogP contribution in [0.4, 0.5) is 17.3 Å². The summed E-state index contributed by atoms with van der Waals surface area (Å²) in [5.74, 6) is 2.27. The minimum absolute atomic E-state index is 0.509. The predicted molar refractivity (Wildman–Crippen MR) is 114 cm³/mol. The quantitative estimate of drug-likeness (QED) is 0.736. The molecule has 3 aromatic heterocycles. The molecule has 0 bridgehead atoms. The normalized spacial score (nSPS) is 13.2. The highest BCUT2D eigenvalue weighted by atomic mass is 15.3. The van der Waals surface area contributed by atoms with Crippen molar-refractivity contribution in [3.05, 3.63) is 73.0 Å². The van der Waals surface area contributed by atoms with E-state index in [9.17, 15) is 5.26 Å². The fraction of sp³-hybridized carbons (Fsp3) is 0.182. The van der Waals surface area contributed by atoms with Crippen molar-refractivity contribution in [3.8, 4) is 17.3 Å². The van der Waals surface area contributed by atoms with Crippen LogP contribution in [-0.2, 0) is 0 Å². The van der Waals surface area contributed by atoms with E-state index >= 15 is 0 Å². The Balaban J connectivity index is 1.73. The number of hydrogen-bond acceptors (Lipinski definition) is 7. The highest BCUT2D eigenvalue weighted by Crippen LogP contribution is 2.34. The van der Waals surface area contributed by atoms with Gasteiger partial charge in [-0.3, -0.25) is 4.98 Å². The maximum Gasteiger partial charge on any atom is 0.158 e. The molecule has 0 radical (unpaired) electrons. The van der Waals surface area contributed by atoms with Crippen molar-refractivity contribution in [2.24, 2.45) is 0 Å². The van der Waals surface area contributed by atoms with Crippen LogP contribution < -0.4 is 15.1 Å². The van der Waals surface area contributed by atoms with Crippen LogP contribution in [0.5, 0.6) is 0 Å². The fourth-order valence-corrected chi connectivity index (χ4v) is 3.35. The molecular formula is C22H21N7. The molecule has 3 aromatic rings. The van der Waals surface area contributed by atoms with Gasteiger partial charge in [0.05, 0.1) is 16.9 Å². The van der Waals surface area contributed by atoms with Crippen LogP contribution in [0.3, 0.4) is 0 Å². The molecule has 0 unspecified atom stereocenters. The SMILES string of the molecule is C=C(Nc1ccccn1)N1CCCN(C)c2ccc(-c3cncc(C#N)c3)nc21. The number of hydrogen-bond donors (Lipinski definition) is 1. The van der Waals surface area contributed by atoms with Crippen molar-refractivity contribution in [2.45, 2.75) is 6.42 Å². The molecule has 4 heterocycles. The Bertz CT molecular complexity index is 1070. The molecule has 0 fully saturated rings. The van der Waals surface area contributed by atoms with E-state index in [1.807, 2.05) is 24.3 Å². The minimum atomic E-state index is 0.509. The zero-order valence-electron chi connectivity index (χ0n) is 16.2. The molecule has 0 aliphatic carbocycles. The number of pyridine rings is 3. The first kappa shape index (κ1) is 18.4. The van der Waals surface area contributed by atoms with Gasteiger partial charge in [0.1, 0.15) is 17.7 Å². The van der Waals surface area contributed by atoms with E-state index in [0.717, 1.165) is 48.1 Å². The summed E-state index contributed by atoms with van der Waals surface area (Å²) < 4.78 is 0. The monoisotopic (exact) mass is 383 g/mol. The van der Waals surface area contributed by atoms with E-state index in [2.05, 4.69) is 50.8 Å². The number of fused-ring (bicyclic) bond motifs is 1. The average molecular weight is 383 g/mol. The maximum absolute atomic E-state index is 9.18. The van der Waals surface area contributed by atoms with Crippen molar-refractivity contribution in [1.82, 2.24) is 15.0 Å². The summed E-state index contributed by atoms with van der Waals surface area (Å²) in [4.78, 5) is 17.7. The lowest BCUT2D eigenvalue weighted by molar-refractivity contribution is 0.789. The number of nitriles is 1. The van der Waals surface area contributed by atoms with Crippen LogP contribution in [0.25, 0.3) is 11.3 Å². The van der Waals surface area contributed by atoms with E-state index in [1.165, 1.54) is 0 Å². The van der Waals surface area contributed by atoms with Crippen molar-refractivity contribution >= 4 is 17.3 Å². The number of aromatic nitrogens is 3. The molecule has 0 spiro atoms. The summed E-state index contributed by atoms with van der Waals surface area (Å²) in [6, 6.07) is 13.7. The Hall–Kier alpha value is -3.92. The van der Waals surface area contributed by atoms with E-state index < -0.39 is 0 Å². The van der Waals surface area contributed by atoms with Gasteiger partial charge in [0, 0.05) is 44.3 Å². The fourth-order valence-electron chi connectivity index (χ4n) is 3.35. The predicted octanol–water partition coefficient (Wildman–Crippen LogP) is 3.64. The Labute approximate surface area is 170 Å². The van der Waals surface area contributed by atoms with Crippen molar-refractivity contribution in [3.63, 3.8) is 0 Å². The van der Waals surface area contributed by atoms with Crippen molar-refractivity contribution in [2.75, 3.05) is 35.3 Å². The van der Waals surface area contributed by atoms with Gasteiger partial charge in [-0.25, -0.2) is 9.97 Å². The van der Waals surface area contributed by atoms with Gasteiger partial charge in [-0.15, -0.1) is 0 Å². The van der Waals surface area contributed by atoms with E-state index in [0.29, 0.717) is 11.4 Å². The van der Waals surface area contributed by atoms with E-state index in [1.54, 1.807) is 24.7 Å². The highest BCUT2D eigenvalue weighted by Gasteiger charge is 2.23. The van der Waals surface area contributed by atoms with Gasteiger partial charge in [-0.1, -0.05) is 12.6 Å². The van der Waals surface area contributed by atoms with Crippen LogP contribution in [0.2, 0.25) is 0 Å². The van der Waals surface area contributed by atoms with Gasteiger partial charge >= 0.3 is 0 Å². The lowest BCUT2D eigenvalue weighted by Crippen LogP contribution is -2.28. The molecule has 0 saturated carbocycles. The lowest BCUT2D eigenvalue weighted by Gasteiger charge is -2.27. The molecule has 0 saturated heterocycles. The average Bonchev–Trinajstić information content (AvgIpc) is 2.93. The van der Waals surface area contributed by atoms with Gasteiger partial charge in [0.15, 0.2) is 5.82 Å². The molecule has 1 aliphatic rings. The summed E-state index contributed by atoms with van der Waals surface area (Å²) in [6.45, 7) is 5.93. The summed E-state index contributed by atoms with van der Waals surface area (Å²) >= 11 is 0. The first-order valence-corrected chi connectivity index (χ1v) is 9.38. The van der Waals surface area contributed by atoms with Crippen LogP contribution in [0.1, 0.15) is 12.0 Å². The van der Waals surface area contributed by atoms with Crippen LogP contribution in [0.15, 0.2) is 67.4 Å². The standard InChI is InChI=1S/C22H21N7/c1-16(26-21-6-3-4-9-25-21)29-11-5-10-28(2)20-8-7-19(27-22(20)29)18-12-17(13-23)14-24-15-18/h3-4,6-9,12,14-15H,1,5,10-11H2,2H3,(H,25,26). The summed E-state index contributed by atoms with van der Waals surface area (Å²) in [7, 11) is 2.07. The van der Waals surface area contributed by atoms with Gasteiger partial charge in [-0.2, -0.15) is 5.26 Å². The molecule has 0 amide bonds. The molecule has 1 aliphatic heterocycles. The number of nitrogens with zero attached hydrogens (tertiary/aromatic N) is 6. The van der Waals surface area contributed by atoms with Gasteiger partial charge in [0.2, 0.25) is 0 Å². The lowest BCUT2D eigenvalue weighted by atomic mass is 10.1. The molecule has 0 atom stereocenters. The molecule has 29 heavy (non-hydrogen) atoms. The van der Waals surface area contributed by atoms with Crippen LogP contribution >= 0.6 is 0 Å². The molecule has 7 heteroatoms. The van der Waals surface area contributed by atoms with Gasteiger partial charge in [-0.05, 0) is 36.8 Å². The highest BCUT2D eigenvalue weighted by molar-refractivity contribution is 5.75. The smallest absolute Gasteiger partial charge is 0.158 e.